The molecule has 0 saturated carbocycles. The first-order valence-corrected chi connectivity index (χ1v) is 12.5. The number of rotatable bonds is 6. The van der Waals surface area contributed by atoms with E-state index in [0.29, 0.717) is 11.3 Å². The van der Waals surface area contributed by atoms with E-state index in [1.54, 1.807) is 19.1 Å². The normalized spacial score (nSPS) is 12.1. The lowest BCUT2D eigenvalue weighted by molar-refractivity contribution is -0.385. The Morgan fingerprint density at radius 1 is 0.897 bits per heavy atom. The molecule has 194 valence electrons. The van der Waals surface area contributed by atoms with Crippen LogP contribution >= 0.6 is 15.9 Å². The van der Waals surface area contributed by atoms with Gasteiger partial charge in [-0.05, 0) is 56.3 Å². The third-order valence-corrected chi connectivity index (χ3v) is 7.15. The smallest absolute Gasteiger partial charge is 0.345 e. The molecule has 0 fully saturated rings. The minimum atomic E-state index is -1.15. The van der Waals surface area contributed by atoms with E-state index in [-0.39, 0.29) is 16.7 Å². The standard InChI is InChI=1S/C29H19BrN2O7/c1-15-13-23(16(2)31(15)18-9-7-17(30)8-10-18)24(33)14-39-29(36)22-12-11-21-25(26(22)32(37)38)28(35)20-6-4-3-5-19(20)27(21)34/h3-13H,14H2,1-2H3. The third kappa shape index (κ3) is 4.38. The van der Waals surface area contributed by atoms with Crippen LogP contribution in [0.1, 0.15) is 63.9 Å². The summed E-state index contributed by atoms with van der Waals surface area (Å²) >= 11 is 3.40. The second-order valence-electron chi connectivity index (χ2n) is 8.94. The van der Waals surface area contributed by atoms with E-state index in [1.165, 1.54) is 24.3 Å². The van der Waals surface area contributed by atoms with Gasteiger partial charge in [-0.25, -0.2) is 4.79 Å². The number of hydrogen-bond donors (Lipinski definition) is 0. The summed E-state index contributed by atoms with van der Waals surface area (Å²) < 4.78 is 7.97. The Bertz CT molecular complexity index is 1740. The second-order valence-corrected chi connectivity index (χ2v) is 9.86. The van der Waals surface area contributed by atoms with E-state index < -0.39 is 51.7 Å². The fourth-order valence-corrected chi connectivity index (χ4v) is 5.11. The zero-order valence-electron chi connectivity index (χ0n) is 20.7. The Morgan fingerprint density at radius 3 is 2.18 bits per heavy atom. The van der Waals surface area contributed by atoms with E-state index in [1.807, 2.05) is 35.8 Å². The van der Waals surface area contributed by atoms with Crippen LogP contribution < -0.4 is 0 Å². The van der Waals surface area contributed by atoms with Gasteiger partial charge in [0.15, 0.2) is 12.4 Å². The number of aryl methyl sites for hydroxylation is 1. The molecule has 0 radical (unpaired) electrons. The second kappa shape index (κ2) is 9.88. The number of ketones is 3. The van der Waals surface area contributed by atoms with E-state index in [4.69, 9.17) is 4.74 Å². The minimum Gasteiger partial charge on any atom is -0.454 e. The number of carbonyl (C=O) groups is 4. The van der Waals surface area contributed by atoms with Crippen LogP contribution in [-0.2, 0) is 4.74 Å². The number of esters is 1. The molecule has 9 nitrogen and oxygen atoms in total. The molecule has 4 aromatic rings. The van der Waals surface area contributed by atoms with Gasteiger partial charge in [-0.15, -0.1) is 0 Å². The van der Waals surface area contributed by atoms with Crippen molar-refractivity contribution in [3.05, 3.63) is 126 Å². The number of nitrogens with zero attached hydrogens (tertiary/aromatic N) is 2. The number of carbonyl (C=O) groups excluding carboxylic acids is 4. The molecule has 0 bridgehead atoms. The van der Waals surface area contributed by atoms with Crippen LogP contribution in [-0.4, -0.2) is 39.4 Å². The predicted octanol–water partition coefficient (Wildman–Crippen LogP) is 5.58. The van der Waals surface area contributed by atoms with Crippen LogP contribution in [0.3, 0.4) is 0 Å². The topological polar surface area (TPSA) is 126 Å². The van der Waals surface area contributed by atoms with Crippen LogP contribution in [0.25, 0.3) is 5.69 Å². The quantitative estimate of drug-likeness (QED) is 0.110. The summed E-state index contributed by atoms with van der Waals surface area (Å²) in [5, 5.41) is 12.0. The zero-order valence-corrected chi connectivity index (χ0v) is 22.3. The summed E-state index contributed by atoms with van der Waals surface area (Å²) in [6, 6.07) is 17.5. The molecule has 0 atom stereocenters. The highest BCUT2D eigenvalue weighted by molar-refractivity contribution is 9.10. The summed E-state index contributed by atoms with van der Waals surface area (Å²) in [6.45, 7) is 2.93. The van der Waals surface area contributed by atoms with E-state index in [9.17, 15) is 29.3 Å². The zero-order chi connectivity index (χ0) is 28.0. The van der Waals surface area contributed by atoms with Crippen molar-refractivity contribution < 1.29 is 28.8 Å². The molecule has 5 rings (SSSR count). The van der Waals surface area contributed by atoms with Gasteiger partial charge in [0.25, 0.3) is 5.69 Å². The van der Waals surface area contributed by atoms with Crippen molar-refractivity contribution in [2.75, 3.05) is 6.61 Å². The van der Waals surface area contributed by atoms with Crippen molar-refractivity contribution in [3.63, 3.8) is 0 Å². The summed E-state index contributed by atoms with van der Waals surface area (Å²) in [5.41, 5.74) is 0.761. The predicted molar refractivity (Wildman–Crippen MR) is 144 cm³/mol. The molecule has 10 heteroatoms. The minimum absolute atomic E-state index is 0.0138. The number of aromatic nitrogens is 1. The molecule has 39 heavy (non-hydrogen) atoms. The van der Waals surface area contributed by atoms with Gasteiger partial charge >= 0.3 is 5.97 Å². The van der Waals surface area contributed by atoms with Crippen molar-refractivity contribution in [1.82, 2.24) is 4.57 Å². The number of hydrogen-bond acceptors (Lipinski definition) is 7. The average molecular weight is 587 g/mol. The van der Waals surface area contributed by atoms with Crippen LogP contribution in [0.2, 0.25) is 0 Å². The number of halogens is 1. The van der Waals surface area contributed by atoms with Gasteiger partial charge in [-0.2, -0.15) is 0 Å². The van der Waals surface area contributed by atoms with Crippen LogP contribution in [0.5, 0.6) is 0 Å². The summed E-state index contributed by atoms with van der Waals surface area (Å²) in [7, 11) is 0. The molecule has 3 aromatic carbocycles. The molecular formula is C29H19BrN2O7. The van der Waals surface area contributed by atoms with E-state index in [0.717, 1.165) is 21.9 Å². The molecular weight excluding hydrogens is 568 g/mol. The largest absolute Gasteiger partial charge is 0.454 e. The number of nitro groups is 1. The van der Waals surface area contributed by atoms with Crippen molar-refractivity contribution in [1.29, 1.82) is 0 Å². The first kappa shape index (κ1) is 25.9. The summed E-state index contributed by atoms with van der Waals surface area (Å²) in [5.74, 6) is -2.95. The average Bonchev–Trinajstić information content (AvgIpc) is 3.23. The van der Waals surface area contributed by atoms with Crippen LogP contribution in [0, 0.1) is 24.0 Å². The number of Topliss-reactive ketones (excluding diaryl/α,β-unsaturated/α-hetero) is 1. The maximum atomic E-state index is 13.1. The first-order valence-electron chi connectivity index (χ1n) is 11.7. The SMILES string of the molecule is Cc1cc(C(=O)COC(=O)c2ccc3c(c2[N+](=O)[O-])C(=O)c2ccccc2C3=O)c(C)n1-c1ccc(Br)cc1. The number of nitro benzene ring substituents is 1. The maximum Gasteiger partial charge on any atom is 0.345 e. The van der Waals surface area contributed by atoms with Gasteiger partial charge in [0, 0.05) is 43.8 Å². The van der Waals surface area contributed by atoms with Gasteiger partial charge < -0.3 is 9.30 Å². The fourth-order valence-electron chi connectivity index (χ4n) is 4.84. The maximum absolute atomic E-state index is 13.1. The van der Waals surface area contributed by atoms with E-state index >= 15 is 0 Å². The Morgan fingerprint density at radius 2 is 1.54 bits per heavy atom. The number of ether oxygens (including phenoxy) is 1. The van der Waals surface area contributed by atoms with E-state index in [2.05, 4.69) is 15.9 Å². The first-order chi connectivity index (χ1) is 18.6. The molecule has 1 aliphatic carbocycles. The van der Waals surface area contributed by atoms with Gasteiger partial charge in [0.1, 0.15) is 11.1 Å². The van der Waals surface area contributed by atoms with Crippen molar-refractivity contribution in [2.24, 2.45) is 0 Å². The summed E-state index contributed by atoms with van der Waals surface area (Å²) in [6.07, 6.45) is 0. The Labute approximate surface area is 230 Å². The third-order valence-electron chi connectivity index (χ3n) is 6.62. The van der Waals surface area contributed by atoms with Gasteiger partial charge in [0.2, 0.25) is 11.6 Å². The Kier molecular flexibility index (Phi) is 6.57. The lowest BCUT2D eigenvalue weighted by Gasteiger charge is -2.18. The molecule has 0 N–H and O–H groups in total. The molecule has 0 saturated heterocycles. The summed E-state index contributed by atoms with van der Waals surface area (Å²) in [4.78, 5) is 63.2. The monoisotopic (exact) mass is 586 g/mol. The fraction of sp³-hybridized carbons (Fsp3) is 0.103. The van der Waals surface area contributed by atoms with Crippen molar-refractivity contribution in [2.45, 2.75) is 13.8 Å². The van der Waals surface area contributed by atoms with Crippen LogP contribution in [0.15, 0.2) is 71.2 Å². The molecule has 0 amide bonds. The molecule has 0 aliphatic heterocycles. The molecule has 0 spiro atoms. The molecule has 1 aliphatic rings. The Balaban J connectivity index is 1.43. The highest BCUT2D eigenvalue weighted by atomic mass is 79.9. The number of benzene rings is 3. The lowest BCUT2D eigenvalue weighted by atomic mass is 9.82. The number of fused-ring (bicyclic) bond motifs is 2. The van der Waals surface area contributed by atoms with Crippen molar-refractivity contribution >= 4 is 44.9 Å². The highest BCUT2D eigenvalue weighted by Gasteiger charge is 2.39. The highest BCUT2D eigenvalue weighted by Crippen LogP contribution is 2.36. The van der Waals surface area contributed by atoms with Gasteiger partial charge in [0.05, 0.1) is 4.92 Å². The van der Waals surface area contributed by atoms with Crippen molar-refractivity contribution in [3.8, 4) is 5.69 Å². The molecule has 1 heterocycles. The van der Waals surface area contributed by atoms with Gasteiger partial charge in [-0.3, -0.25) is 24.5 Å². The molecule has 1 aromatic heterocycles. The Hall–Kier alpha value is -4.70. The molecule has 0 unspecified atom stereocenters. The lowest BCUT2D eigenvalue weighted by Crippen LogP contribution is -2.24. The van der Waals surface area contributed by atoms with Crippen LogP contribution in [0.4, 0.5) is 5.69 Å². The van der Waals surface area contributed by atoms with Gasteiger partial charge in [-0.1, -0.05) is 40.2 Å².